The number of ether oxygens (including phenoxy) is 1. The number of rotatable bonds is 3. The van der Waals surface area contributed by atoms with Crippen LogP contribution in [0.5, 0.6) is 0 Å². The van der Waals surface area contributed by atoms with Crippen molar-refractivity contribution in [3.05, 3.63) is 70.6 Å². The molecule has 0 saturated carbocycles. The van der Waals surface area contributed by atoms with Crippen LogP contribution in [0.25, 0.3) is 10.9 Å². The Morgan fingerprint density at radius 3 is 2.52 bits per heavy atom. The molecule has 0 aliphatic rings. The summed E-state index contributed by atoms with van der Waals surface area (Å²) in [5, 5.41) is 3.24. The highest BCUT2D eigenvalue weighted by molar-refractivity contribution is 6.33. The second-order valence-corrected chi connectivity index (χ2v) is 5.54. The van der Waals surface area contributed by atoms with Gasteiger partial charge in [-0.3, -0.25) is 4.79 Å². The van der Waals surface area contributed by atoms with Gasteiger partial charge < -0.3 is 10.1 Å². The van der Waals surface area contributed by atoms with E-state index >= 15 is 0 Å². The number of carbonyl (C=O) groups excluding carboxylic acids is 2. The first-order valence-corrected chi connectivity index (χ1v) is 7.61. The fourth-order valence-electron chi connectivity index (χ4n) is 2.28. The molecule has 5 nitrogen and oxygen atoms in total. The van der Waals surface area contributed by atoms with Crippen LogP contribution in [0.1, 0.15) is 20.7 Å². The summed E-state index contributed by atoms with van der Waals surface area (Å²) in [5.74, 6) is -1.36. The molecule has 0 atom stereocenters. The van der Waals surface area contributed by atoms with Gasteiger partial charge in [-0.05, 0) is 42.5 Å². The van der Waals surface area contributed by atoms with Crippen LogP contribution < -0.4 is 5.32 Å². The van der Waals surface area contributed by atoms with Crippen LogP contribution in [0.15, 0.2) is 48.5 Å². The largest absolute Gasteiger partial charge is 0.465 e. The molecular formula is C18H12ClFN2O3. The Morgan fingerprint density at radius 1 is 1.12 bits per heavy atom. The van der Waals surface area contributed by atoms with Crippen LogP contribution in [0.2, 0.25) is 5.15 Å². The SMILES string of the molecule is COC(=O)c1ccc(NC(=O)c2cc3ccc(F)cc3nc2Cl)cc1. The standard InChI is InChI=1S/C18H12ClFN2O3/c1-25-18(24)10-3-6-13(7-4-10)21-17(23)14-8-11-2-5-12(20)9-15(11)22-16(14)19/h2-9H,1H3,(H,21,23). The summed E-state index contributed by atoms with van der Waals surface area (Å²) in [5.41, 5.74) is 1.38. The predicted octanol–water partition coefficient (Wildman–Crippen LogP) is 4.07. The average molecular weight is 359 g/mol. The smallest absolute Gasteiger partial charge is 0.337 e. The van der Waals surface area contributed by atoms with Gasteiger partial charge in [-0.25, -0.2) is 14.2 Å². The summed E-state index contributed by atoms with van der Waals surface area (Å²) >= 11 is 6.05. The Balaban J connectivity index is 1.85. The van der Waals surface area contributed by atoms with E-state index in [1.807, 2.05) is 0 Å². The first kappa shape index (κ1) is 16.9. The number of nitrogens with one attached hydrogen (secondary N) is 1. The Kier molecular flexibility index (Phi) is 4.63. The third-order valence-electron chi connectivity index (χ3n) is 3.54. The summed E-state index contributed by atoms with van der Waals surface area (Å²) in [6.45, 7) is 0. The molecule has 0 saturated heterocycles. The van der Waals surface area contributed by atoms with Gasteiger partial charge in [-0.1, -0.05) is 11.6 Å². The zero-order valence-electron chi connectivity index (χ0n) is 13.0. The highest BCUT2D eigenvalue weighted by atomic mass is 35.5. The van der Waals surface area contributed by atoms with E-state index in [4.69, 9.17) is 11.6 Å². The molecule has 2 aromatic carbocycles. The van der Waals surface area contributed by atoms with Crippen molar-refractivity contribution in [1.82, 2.24) is 4.98 Å². The van der Waals surface area contributed by atoms with Crippen LogP contribution in [0, 0.1) is 5.82 Å². The van der Waals surface area contributed by atoms with Gasteiger partial charge in [0.15, 0.2) is 0 Å². The van der Waals surface area contributed by atoms with Crippen molar-refractivity contribution in [2.24, 2.45) is 0 Å². The van der Waals surface area contributed by atoms with E-state index in [1.54, 1.807) is 18.2 Å². The van der Waals surface area contributed by atoms with Crippen molar-refractivity contribution >= 4 is 40.1 Å². The average Bonchev–Trinajstić information content (AvgIpc) is 2.61. The summed E-state index contributed by atoms with van der Waals surface area (Å²) in [4.78, 5) is 27.9. The minimum atomic E-state index is -0.466. The van der Waals surface area contributed by atoms with Crippen molar-refractivity contribution in [3.8, 4) is 0 Å². The van der Waals surface area contributed by atoms with E-state index in [1.165, 1.54) is 37.4 Å². The predicted molar refractivity (Wildman–Crippen MR) is 92.4 cm³/mol. The molecule has 0 aliphatic carbocycles. The number of carbonyl (C=O) groups is 2. The Morgan fingerprint density at radius 2 is 1.84 bits per heavy atom. The van der Waals surface area contributed by atoms with Gasteiger partial charge in [0, 0.05) is 17.1 Å². The van der Waals surface area contributed by atoms with Crippen molar-refractivity contribution in [2.75, 3.05) is 12.4 Å². The lowest BCUT2D eigenvalue weighted by atomic mass is 10.1. The second-order valence-electron chi connectivity index (χ2n) is 5.19. The fraction of sp³-hybridized carbons (Fsp3) is 0.0556. The van der Waals surface area contributed by atoms with E-state index < -0.39 is 17.7 Å². The van der Waals surface area contributed by atoms with E-state index in [9.17, 15) is 14.0 Å². The van der Waals surface area contributed by atoms with Gasteiger partial charge in [0.1, 0.15) is 11.0 Å². The van der Waals surface area contributed by atoms with Crippen LogP contribution in [-0.4, -0.2) is 24.0 Å². The van der Waals surface area contributed by atoms with Gasteiger partial charge in [-0.2, -0.15) is 0 Å². The lowest BCUT2D eigenvalue weighted by Gasteiger charge is -2.08. The van der Waals surface area contributed by atoms with Crippen molar-refractivity contribution in [2.45, 2.75) is 0 Å². The first-order chi connectivity index (χ1) is 12.0. The number of methoxy groups -OCH3 is 1. The number of nitrogens with zero attached hydrogens (tertiary/aromatic N) is 1. The molecule has 1 amide bonds. The fourth-order valence-corrected chi connectivity index (χ4v) is 2.51. The molecular weight excluding hydrogens is 347 g/mol. The lowest BCUT2D eigenvalue weighted by Crippen LogP contribution is -2.13. The highest BCUT2D eigenvalue weighted by Gasteiger charge is 2.14. The van der Waals surface area contributed by atoms with Gasteiger partial charge in [-0.15, -0.1) is 0 Å². The van der Waals surface area contributed by atoms with E-state index in [0.717, 1.165) is 0 Å². The summed E-state index contributed by atoms with van der Waals surface area (Å²) in [6, 6.07) is 11.8. The second kappa shape index (κ2) is 6.86. The minimum Gasteiger partial charge on any atom is -0.465 e. The van der Waals surface area contributed by atoms with Crippen LogP contribution >= 0.6 is 11.6 Å². The number of aromatic nitrogens is 1. The van der Waals surface area contributed by atoms with Crippen molar-refractivity contribution < 1.29 is 18.7 Å². The van der Waals surface area contributed by atoms with Crippen molar-refractivity contribution in [1.29, 1.82) is 0 Å². The van der Waals surface area contributed by atoms with Gasteiger partial charge in [0.2, 0.25) is 0 Å². The van der Waals surface area contributed by atoms with Gasteiger partial charge >= 0.3 is 5.97 Å². The summed E-state index contributed by atoms with van der Waals surface area (Å²) < 4.78 is 17.8. The minimum absolute atomic E-state index is 0.0261. The molecule has 7 heteroatoms. The molecule has 126 valence electrons. The Hall–Kier alpha value is -2.99. The first-order valence-electron chi connectivity index (χ1n) is 7.23. The number of pyridine rings is 1. The molecule has 0 fully saturated rings. The number of benzene rings is 2. The summed E-state index contributed by atoms with van der Waals surface area (Å²) in [7, 11) is 1.29. The van der Waals surface area contributed by atoms with Crippen LogP contribution in [-0.2, 0) is 4.74 Å². The number of halogens is 2. The van der Waals surface area contributed by atoms with E-state index in [2.05, 4.69) is 15.0 Å². The normalized spacial score (nSPS) is 10.5. The monoisotopic (exact) mass is 358 g/mol. The maximum atomic E-state index is 13.2. The molecule has 1 N–H and O–H groups in total. The lowest BCUT2D eigenvalue weighted by molar-refractivity contribution is 0.0600. The molecule has 0 bridgehead atoms. The number of hydrogen-bond acceptors (Lipinski definition) is 4. The molecule has 3 aromatic rings. The molecule has 1 aromatic heterocycles. The number of amides is 1. The topological polar surface area (TPSA) is 68.3 Å². The quantitative estimate of drug-likeness (QED) is 0.566. The van der Waals surface area contributed by atoms with E-state index in [0.29, 0.717) is 22.2 Å². The van der Waals surface area contributed by atoms with Crippen LogP contribution in [0.3, 0.4) is 0 Å². The van der Waals surface area contributed by atoms with Crippen LogP contribution in [0.4, 0.5) is 10.1 Å². The summed E-state index contributed by atoms with van der Waals surface area (Å²) in [6.07, 6.45) is 0. The Bertz CT molecular complexity index is 974. The highest BCUT2D eigenvalue weighted by Crippen LogP contribution is 2.22. The maximum Gasteiger partial charge on any atom is 0.337 e. The third kappa shape index (κ3) is 3.59. The molecule has 0 radical (unpaired) electrons. The molecule has 0 unspecified atom stereocenters. The number of anilines is 1. The molecule has 25 heavy (non-hydrogen) atoms. The number of esters is 1. The molecule has 0 aliphatic heterocycles. The number of fused-ring (bicyclic) bond motifs is 1. The number of hydrogen-bond donors (Lipinski definition) is 1. The molecule has 1 heterocycles. The van der Waals surface area contributed by atoms with E-state index in [-0.39, 0.29) is 10.7 Å². The maximum absolute atomic E-state index is 13.2. The van der Waals surface area contributed by atoms with Crippen molar-refractivity contribution in [3.63, 3.8) is 0 Å². The van der Waals surface area contributed by atoms with Gasteiger partial charge in [0.05, 0.1) is 23.8 Å². The molecule has 3 rings (SSSR count). The zero-order valence-corrected chi connectivity index (χ0v) is 13.8. The third-order valence-corrected chi connectivity index (χ3v) is 3.83. The zero-order chi connectivity index (χ0) is 18.0. The Labute approximate surface area is 147 Å². The molecule has 0 spiro atoms. The van der Waals surface area contributed by atoms with Gasteiger partial charge in [0.25, 0.3) is 5.91 Å².